The Kier molecular flexibility index (Phi) is 3.76. The molecule has 0 unspecified atom stereocenters. The Hall–Kier alpha value is -2.69. The summed E-state index contributed by atoms with van der Waals surface area (Å²) < 4.78 is 19.5. The Morgan fingerprint density at radius 3 is 2.92 bits per heavy atom. The van der Waals surface area contributed by atoms with Gasteiger partial charge in [0.1, 0.15) is 23.0 Å². The molecule has 5 heteroatoms. The van der Waals surface area contributed by atoms with Crippen molar-refractivity contribution in [3.63, 3.8) is 0 Å². The largest absolute Gasteiger partial charge is 0.440 e. The monoisotopic (exact) mass is 323 g/mol. The summed E-state index contributed by atoms with van der Waals surface area (Å²) in [4.78, 5) is 11.2. The van der Waals surface area contributed by atoms with Gasteiger partial charge in [-0.05, 0) is 49.2 Å². The molecule has 0 saturated carbocycles. The Bertz CT molecular complexity index is 860. The van der Waals surface area contributed by atoms with Crippen LogP contribution in [-0.2, 0) is 13.0 Å². The number of oxazole rings is 1. The highest BCUT2D eigenvalue weighted by molar-refractivity contribution is 5.51. The minimum atomic E-state index is -0.173. The van der Waals surface area contributed by atoms with E-state index in [2.05, 4.69) is 14.9 Å². The van der Waals surface area contributed by atoms with E-state index in [1.54, 1.807) is 13.1 Å². The molecule has 122 valence electrons. The normalized spacial score (nSPS) is 14.3. The summed E-state index contributed by atoms with van der Waals surface area (Å²) in [5.74, 6) is 1.32. The van der Waals surface area contributed by atoms with Crippen LogP contribution in [0.3, 0.4) is 0 Å². The lowest BCUT2D eigenvalue weighted by molar-refractivity contribution is 0.511. The van der Waals surface area contributed by atoms with Gasteiger partial charge in [-0.3, -0.25) is 4.98 Å². The predicted octanol–water partition coefficient (Wildman–Crippen LogP) is 4.14. The third-order valence-electron chi connectivity index (χ3n) is 4.34. The molecule has 2 aromatic heterocycles. The van der Waals surface area contributed by atoms with Gasteiger partial charge in [0.05, 0.1) is 6.54 Å². The van der Waals surface area contributed by atoms with Crippen LogP contribution in [-0.4, -0.2) is 16.5 Å². The van der Waals surface area contributed by atoms with Crippen molar-refractivity contribution in [1.29, 1.82) is 0 Å². The minimum Gasteiger partial charge on any atom is -0.440 e. The van der Waals surface area contributed by atoms with Crippen LogP contribution in [0.1, 0.15) is 23.4 Å². The van der Waals surface area contributed by atoms with Crippen LogP contribution < -0.4 is 4.90 Å². The van der Waals surface area contributed by atoms with E-state index in [-0.39, 0.29) is 5.82 Å². The molecule has 0 amide bonds. The number of halogens is 1. The van der Waals surface area contributed by atoms with E-state index < -0.39 is 0 Å². The lowest BCUT2D eigenvalue weighted by atomic mass is 10.2. The predicted molar refractivity (Wildman–Crippen MR) is 90.2 cm³/mol. The quantitative estimate of drug-likeness (QED) is 0.711. The molecular formula is C19H18FN3O. The van der Waals surface area contributed by atoms with E-state index in [1.165, 1.54) is 6.07 Å². The topological polar surface area (TPSA) is 42.2 Å². The summed E-state index contributed by atoms with van der Waals surface area (Å²) in [6.07, 6.45) is 3.56. The molecule has 0 bridgehead atoms. The number of hydrogen-bond donors (Lipinski definition) is 0. The zero-order chi connectivity index (χ0) is 16.5. The van der Waals surface area contributed by atoms with Crippen molar-refractivity contribution in [2.24, 2.45) is 0 Å². The molecule has 0 spiro atoms. The van der Waals surface area contributed by atoms with Gasteiger partial charge in [0, 0.05) is 24.8 Å². The second-order valence-corrected chi connectivity index (χ2v) is 6.06. The number of benzene rings is 1. The summed E-state index contributed by atoms with van der Waals surface area (Å²) in [6, 6.07) is 10.9. The highest BCUT2D eigenvalue weighted by Crippen LogP contribution is 2.28. The van der Waals surface area contributed by atoms with Crippen LogP contribution in [0.5, 0.6) is 0 Å². The fraction of sp³-hybridized carbons (Fsp3) is 0.263. The van der Waals surface area contributed by atoms with Gasteiger partial charge in [-0.1, -0.05) is 6.07 Å². The zero-order valence-electron chi connectivity index (χ0n) is 13.5. The molecule has 4 rings (SSSR count). The third kappa shape index (κ3) is 2.77. The van der Waals surface area contributed by atoms with Gasteiger partial charge in [-0.2, -0.15) is 0 Å². The van der Waals surface area contributed by atoms with E-state index in [1.807, 2.05) is 30.3 Å². The molecule has 1 aromatic carbocycles. The number of nitrogens with zero attached hydrogens (tertiary/aromatic N) is 3. The molecule has 0 saturated heterocycles. The number of fused-ring (bicyclic) bond motifs is 1. The maximum Gasteiger partial charge on any atom is 0.245 e. The van der Waals surface area contributed by atoms with Gasteiger partial charge < -0.3 is 9.32 Å². The Morgan fingerprint density at radius 1 is 1.21 bits per heavy atom. The van der Waals surface area contributed by atoms with Gasteiger partial charge >= 0.3 is 0 Å². The summed E-state index contributed by atoms with van der Waals surface area (Å²) in [5.41, 5.74) is 3.36. The highest BCUT2D eigenvalue weighted by atomic mass is 19.1. The zero-order valence-corrected chi connectivity index (χ0v) is 13.5. The van der Waals surface area contributed by atoms with E-state index in [9.17, 15) is 4.39 Å². The first-order valence-electron chi connectivity index (χ1n) is 8.12. The van der Waals surface area contributed by atoms with Crippen LogP contribution in [0.15, 0.2) is 47.0 Å². The number of aromatic nitrogens is 2. The van der Waals surface area contributed by atoms with Gasteiger partial charge in [-0.25, -0.2) is 9.37 Å². The van der Waals surface area contributed by atoms with Crippen molar-refractivity contribution < 1.29 is 8.81 Å². The molecule has 0 atom stereocenters. The summed E-state index contributed by atoms with van der Waals surface area (Å²) in [7, 11) is 0. The van der Waals surface area contributed by atoms with E-state index in [0.717, 1.165) is 42.2 Å². The van der Waals surface area contributed by atoms with Crippen molar-refractivity contribution >= 4 is 5.69 Å². The number of aryl methyl sites for hydroxylation is 2. The highest BCUT2D eigenvalue weighted by Gasteiger charge is 2.21. The van der Waals surface area contributed by atoms with Crippen LogP contribution in [0.2, 0.25) is 0 Å². The fourth-order valence-electron chi connectivity index (χ4n) is 3.04. The van der Waals surface area contributed by atoms with Crippen molar-refractivity contribution in [3.05, 3.63) is 65.4 Å². The molecule has 24 heavy (non-hydrogen) atoms. The smallest absolute Gasteiger partial charge is 0.245 e. The molecule has 0 fully saturated rings. The van der Waals surface area contributed by atoms with Crippen molar-refractivity contribution in [3.8, 4) is 11.6 Å². The van der Waals surface area contributed by atoms with E-state index in [0.29, 0.717) is 18.0 Å². The fourth-order valence-corrected chi connectivity index (χ4v) is 3.04. The Balaban J connectivity index is 1.65. The third-order valence-corrected chi connectivity index (χ3v) is 4.34. The average Bonchev–Trinajstić information content (AvgIpc) is 2.90. The van der Waals surface area contributed by atoms with Crippen LogP contribution in [0, 0.1) is 12.7 Å². The lowest BCUT2D eigenvalue weighted by Crippen LogP contribution is -2.22. The maximum absolute atomic E-state index is 13.5. The molecule has 3 aromatic rings. The second-order valence-electron chi connectivity index (χ2n) is 6.06. The number of anilines is 1. The van der Waals surface area contributed by atoms with Crippen molar-refractivity contribution in [2.45, 2.75) is 26.3 Å². The van der Waals surface area contributed by atoms with Gasteiger partial charge in [0.2, 0.25) is 5.89 Å². The molecule has 1 aliphatic heterocycles. The summed E-state index contributed by atoms with van der Waals surface area (Å²) in [5, 5.41) is 0. The molecule has 0 aliphatic carbocycles. The van der Waals surface area contributed by atoms with Crippen molar-refractivity contribution in [1.82, 2.24) is 9.97 Å². The first-order chi connectivity index (χ1) is 11.7. The van der Waals surface area contributed by atoms with E-state index in [4.69, 9.17) is 4.42 Å². The lowest BCUT2D eigenvalue weighted by Gasteiger charge is -2.22. The minimum absolute atomic E-state index is 0.173. The molecule has 0 radical (unpaired) electrons. The first kappa shape index (κ1) is 14.9. The molecular weight excluding hydrogens is 305 g/mol. The second kappa shape index (κ2) is 6.07. The molecule has 1 aliphatic rings. The van der Waals surface area contributed by atoms with Crippen LogP contribution in [0.25, 0.3) is 11.6 Å². The van der Waals surface area contributed by atoms with Gasteiger partial charge in [-0.15, -0.1) is 0 Å². The first-order valence-corrected chi connectivity index (χ1v) is 8.12. The van der Waals surface area contributed by atoms with Crippen LogP contribution in [0.4, 0.5) is 10.1 Å². The van der Waals surface area contributed by atoms with Crippen molar-refractivity contribution in [2.75, 3.05) is 11.4 Å². The molecule has 0 N–H and O–H groups in total. The Labute approximate surface area is 140 Å². The van der Waals surface area contributed by atoms with Gasteiger partial charge in [0.15, 0.2) is 0 Å². The number of rotatable bonds is 2. The number of pyridine rings is 1. The number of hydrogen-bond acceptors (Lipinski definition) is 4. The van der Waals surface area contributed by atoms with E-state index >= 15 is 0 Å². The summed E-state index contributed by atoms with van der Waals surface area (Å²) >= 11 is 0. The maximum atomic E-state index is 13.5. The Morgan fingerprint density at radius 2 is 2.12 bits per heavy atom. The summed E-state index contributed by atoms with van der Waals surface area (Å²) in [6.45, 7) is 3.35. The van der Waals surface area contributed by atoms with Crippen LogP contribution >= 0.6 is 0 Å². The molecule has 3 heterocycles. The van der Waals surface area contributed by atoms with Gasteiger partial charge in [0.25, 0.3) is 0 Å². The molecule has 4 nitrogen and oxygen atoms in total. The SMILES string of the molecule is Cc1cc(N2CCCc3oc(-c4ccccn4)nc3C2)ccc1F. The standard InChI is InChI=1S/C19H18FN3O/c1-13-11-14(7-8-15(13)20)23-10-4-6-18-17(12-23)22-19(24-18)16-5-2-3-9-21-16/h2-3,5,7-9,11H,4,6,10,12H2,1H3. The average molecular weight is 323 g/mol.